The van der Waals surface area contributed by atoms with Gasteiger partial charge < -0.3 is 10.1 Å². The van der Waals surface area contributed by atoms with Gasteiger partial charge in [-0.1, -0.05) is 41.6 Å². The van der Waals surface area contributed by atoms with E-state index in [0.717, 1.165) is 67.4 Å². The Kier molecular flexibility index (Phi) is 5.41. The normalized spacial score (nSPS) is 14.9. The molecule has 30 heavy (non-hydrogen) atoms. The molecule has 1 fully saturated rings. The summed E-state index contributed by atoms with van der Waals surface area (Å²) >= 11 is 0. The number of nitrogens with zero attached hydrogens (tertiary/aromatic N) is 5. The third-order valence-electron chi connectivity index (χ3n) is 5.41. The third kappa shape index (κ3) is 4.19. The van der Waals surface area contributed by atoms with Crippen molar-refractivity contribution in [3.63, 3.8) is 0 Å². The Morgan fingerprint density at radius 3 is 2.80 bits per heavy atom. The molecule has 0 amide bonds. The third-order valence-corrected chi connectivity index (χ3v) is 5.41. The van der Waals surface area contributed by atoms with Crippen LogP contribution in [0.4, 0.5) is 5.82 Å². The maximum Gasteiger partial charge on any atom is 0.155 e. The lowest BCUT2D eigenvalue weighted by Crippen LogP contribution is -2.39. The van der Waals surface area contributed by atoms with Gasteiger partial charge in [0.15, 0.2) is 5.82 Å². The van der Waals surface area contributed by atoms with Crippen LogP contribution in [0.15, 0.2) is 54.7 Å². The van der Waals surface area contributed by atoms with Gasteiger partial charge in [0.1, 0.15) is 5.69 Å². The number of nitrogens with one attached hydrogen (secondary N) is 2. The van der Waals surface area contributed by atoms with Gasteiger partial charge in [0.25, 0.3) is 0 Å². The predicted octanol–water partition coefficient (Wildman–Crippen LogP) is 2.61. The number of rotatable bonds is 7. The first kappa shape index (κ1) is 18.8. The van der Waals surface area contributed by atoms with Crippen molar-refractivity contribution < 1.29 is 4.74 Å². The highest BCUT2D eigenvalue weighted by atomic mass is 16.5. The van der Waals surface area contributed by atoms with Gasteiger partial charge >= 0.3 is 0 Å². The van der Waals surface area contributed by atoms with Gasteiger partial charge in [-0.25, -0.2) is 4.68 Å². The number of hydrogen-bond donors (Lipinski definition) is 2. The van der Waals surface area contributed by atoms with E-state index in [1.165, 1.54) is 5.56 Å². The van der Waals surface area contributed by atoms with Crippen LogP contribution in [-0.2, 0) is 11.3 Å². The summed E-state index contributed by atoms with van der Waals surface area (Å²) in [6.07, 6.45) is 1.99. The van der Waals surface area contributed by atoms with E-state index < -0.39 is 0 Å². The minimum Gasteiger partial charge on any atom is -0.379 e. The van der Waals surface area contributed by atoms with E-state index in [2.05, 4.69) is 55.0 Å². The minimum atomic E-state index is 0.705. The summed E-state index contributed by atoms with van der Waals surface area (Å²) in [4.78, 5) is 2.40. The number of H-pyrrole nitrogens is 1. The Balaban J connectivity index is 1.29. The number of benzene rings is 2. The Hall–Kier alpha value is -3.23. The van der Waals surface area contributed by atoms with Crippen LogP contribution < -0.4 is 5.32 Å². The van der Waals surface area contributed by atoms with Crippen LogP contribution in [0.5, 0.6) is 0 Å². The fourth-order valence-corrected chi connectivity index (χ4v) is 3.74. The fourth-order valence-electron chi connectivity index (χ4n) is 3.74. The van der Waals surface area contributed by atoms with Gasteiger partial charge in [-0.3, -0.25) is 10.00 Å². The van der Waals surface area contributed by atoms with Crippen LogP contribution >= 0.6 is 0 Å². The van der Waals surface area contributed by atoms with E-state index >= 15 is 0 Å². The molecular formula is C22H25N7O. The van der Waals surface area contributed by atoms with Crippen molar-refractivity contribution in [3.05, 3.63) is 60.3 Å². The molecule has 0 aliphatic carbocycles. The number of aromatic nitrogens is 5. The highest BCUT2D eigenvalue weighted by Crippen LogP contribution is 2.26. The molecule has 8 heteroatoms. The zero-order valence-corrected chi connectivity index (χ0v) is 16.8. The lowest BCUT2D eigenvalue weighted by atomic mass is 10.1. The number of fused-ring (bicyclic) bond motifs is 1. The lowest BCUT2D eigenvalue weighted by Gasteiger charge is -2.26. The highest BCUT2D eigenvalue weighted by Gasteiger charge is 2.12. The Bertz CT molecular complexity index is 1100. The smallest absolute Gasteiger partial charge is 0.155 e. The van der Waals surface area contributed by atoms with Crippen molar-refractivity contribution in [1.29, 1.82) is 0 Å². The van der Waals surface area contributed by atoms with E-state index in [9.17, 15) is 0 Å². The average molecular weight is 403 g/mol. The second kappa shape index (κ2) is 8.64. The summed E-state index contributed by atoms with van der Waals surface area (Å²) in [6.45, 7) is 6.15. The van der Waals surface area contributed by atoms with Crippen LogP contribution in [-0.4, -0.2) is 69.5 Å². The Morgan fingerprint density at radius 1 is 1.07 bits per heavy atom. The molecule has 1 saturated heterocycles. The Labute approximate surface area is 174 Å². The number of hydrogen-bond acceptors (Lipinski definition) is 6. The summed E-state index contributed by atoms with van der Waals surface area (Å²) in [5, 5.41) is 20.7. The molecule has 0 radical (unpaired) electrons. The average Bonchev–Trinajstić information content (AvgIpc) is 3.42. The second-order valence-electron chi connectivity index (χ2n) is 7.50. The quantitative estimate of drug-likeness (QED) is 0.494. The molecule has 0 atom stereocenters. The summed E-state index contributed by atoms with van der Waals surface area (Å²) in [5.41, 5.74) is 4.09. The first-order chi connectivity index (χ1) is 14.8. The molecule has 3 heterocycles. The van der Waals surface area contributed by atoms with E-state index in [1.54, 1.807) is 0 Å². The van der Waals surface area contributed by atoms with E-state index in [1.807, 2.05) is 35.1 Å². The molecule has 0 bridgehead atoms. The zero-order chi connectivity index (χ0) is 20.2. The molecule has 5 rings (SSSR count). The largest absolute Gasteiger partial charge is 0.379 e. The zero-order valence-electron chi connectivity index (χ0n) is 16.8. The number of morpholine rings is 1. The maximum absolute atomic E-state index is 5.41. The van der Waals surface area contributed by atoms with Crippen LogP contribution in [0, 0.1) is 0 Å². The summed E-state index contributed by atoms with van der Waals surface area (Å²) in [5.74, 6) is 0.872. The second-order valence-corrected chi connectivity index (χ2v) is 7.50. The molecule has 8 nitrogen and oxygen atoms in total. The Morgan fingerprint density at radius 2 is 1.93 bits per heavy atom. The molecule has 154 valence electrons. The summed E-state index contributed by atoms with van der Waals surface area (Å²) in [7, 11) is 0. The minimum absolute atomic E-state index is 0.705. The topological polar surface area (TPSA) is 83.9 Å². The maximum atomic E-state index is 5.41. The lowest BCUT2D eigenvalue weighted by molar-refractivity contribution is 0.0398. The van der Waals surface area contributed by atoms with Gasteiger partial charge in [0, 0.05) is 37.1 Å². The van der Waals surface area contributed by atoms with Gasteiger partial charge in [-0.05, 0) is 17.7 Å². The van der Waals surface area contributed by atoms with E-state index in [0.29, 0.717) is 6.54 Å². The first-order valence-corrected chi connectivity index (χ1v) is 10.3. The molecule has 2 N–H and O–H groups in total. The monoisotopic (exact) mass is 403 g/mol. The molecule has 2 aromatic carbocycles. The summed E-state index contributed by atoms with van der Waals surface area (Å²) < 4.78 is 7.27. The van der Waals surface area contributed by atoms with Gasteiger partial charge in [0.05, 0.1) is 31.5 Å². The fraction of sp³-hybridized carbons (Fsp3) is 0.318. The highest BCUT2D eigenvalue weighted by molar-refractivity contribution is 5.92. The van der Waals surface area contributed by atoms with Gasteiger partial charge in [-0.15, -0.1) is 5.10 Å². The summed E-state index contributed by atoms with van der Waals surface area (Å²) in [6, 6.07) is 16.5. The number of aromatic amines is 1. The first-order valence-electron chi connectivity index (χ1n) is 10.3. The van der Waals surface area contributed by atoms with Crippen molar-refractivity contribution in [2.24, 2.45) is 0 Å². The van der Waals surface area contributed by atoms with Crippen molar-refractivity contribution >= 4 is 16.7 Å². The van der Waals surface area contributed by atoms with Gasteiger partial charge in [0.2, 0.25) is 0 Å². The van der Waals surface area contributed by atoms with E-state index in [-0.39, 0.29) is 0 Å². The predicted molar refractivity (Wildman–Crippen MR) is 116 cm³/mol. The molecule has 0 spiro atoms. The molecular weight excluding hydrogens is 378 g/mol. The van der Waals surface area contributed by atoms with Crippen molar-refractivity contribution in [2.45, 2.75) is 6.54 Å². The van der Waals surface area contributed by atoms with E-state index in [4.69, 9.17) is 4.74 Å². The molecule has 0 saturated carbocycles. The van der Waals surface area contributed by atoms with Crippen LogP contribution in [0.3, 0.4) is 0 Å². The standard InChI is InChI=1S/C22H25N7O/c1-2-4-17(5-3-1)15-29-16-21(25-27-29)18-6-7-20-19(14-18)22(26-24-20)23-8-9-28-10-12-30-13-11-28/h1-7,14,16H,8-13,15H2,(H2,23,24,26). The molecule has 4 aromatic rings. The van der Waals surface area contributed by atoms with Crippen molar-refractivity contribution in [1.82, 2.24) is 30.1 Å². The van der Waals surface area contributed by atoms with Crippen LogP contribution in [0.1, 0.15) is 5.56 Å². The molecule has 0 unspecified atom stereocenters. The van der Waals surface area contributed by atoms with Crippen molar-refractivity contribution in [2.75, 3.05) is 44.7 Å². The van der Waals surface area contributed by atoms with Crippen LogP contribution in [0.2, 0.25) is 0 Å². The number of anilines is 1. The van der Waals surface area contributed by atoms with Crippen molar-refractivity contribution in [3.8, 4) is 11.3 Å². The van der Waals surface area contributed by atoms with Crippen LogP contribution in [0.25, 0.3) is 22.2 Å². The molecule has 1 aliphatic heterocycles. The molecule has 2 aromatic heterocycles. The number of ether oxygens (including phenoxy) is 1. The van der Waals surface area contributed by atoms with Gasteiger partial charge in [-0.2, -0.15) is 5.10 Å². The molecule has 1 aliphatic rings. The SMILES string of the molecule is c1ccc(Cn2cc(-c3ccc4[nH]nc(NCCN5CCOCC5)c4c3)nn2)cc1.